The molecule has 22 heavy (non-hydrogen) atoms. The molecule has 0 aliphatic heterocycles. The summed E-state index contributed by atoms with van der Waals surface area (Å²) in [5.41, 5.74) is 1.96. The summed E-state index contributed by atoms with van der Waals surface area (Å²) in [5, 5.41) is 8.00. The second kappa shape index (κ2) is 6.66. The van der Waals surface area contributed by atoms with Gasteiger partial charge in [-0.05, 0) is 41.5 Å². The normalized spacial score (nSPS) is 11.2. The van der Waals surface area contributed by atoms with Crippen molar-refractivity contribution in [1.29, 1.82) is 0 Å². The minimum absolute atomic E-state index is 0.258. The molecule has 3 nitrogen and oxygen atoms in total. The molecular formula is C17H12BrFN2O. The van der Waals surface area contributed by atoms with Crippen molar-refractivity contribution in [2.45, 2.75) is 6.42 Å². The average Bonchev–Trinajstić information content (AvgIpc) is 2.94. The van der Waals surface area contributed by atoms with E-state index >= 15 is 0 Å². The van der Waals surface area contributed by atoms with Gasteiger partial charge in [0.15, 0.2) is 0 Å². The van der Waals surface area contributed by atoms with Crippen molar-refractivity contribution in [3.8, 4) is 0 Å². The van der Waals surface area contributed by atoms with Gasteiger partial charge in [-0.25, -0.2) is 4.39 Å². The van der Waals surface area contributed by atoms with Crippen molar-refractivity contribution in [3.63, 3.8) is 0 Å². The Hall–Kier alpha value is -2.27. The molecule has 0 bridgehead atoms. The van der Waals surface area contributed by atoms with Crippen LogP contribution in [0.4, 0.5) is 4.39 Å². The zero-order valence-corrected chi connectivity index (χ0v) is 13.1. The summed E-state index contributed by atoms with van der Waals surface area (Å²) in [4.78, 5) is 0. The molecule has 1 aromatic heterocycles. The molecule has 0 N–H and O–H groups in total. The average molecular weight is 359 g/mol. The van der Waals surface area contributed by atoms with E-state index < -0.39 is 0 Å². The van der Waals surface area contributed by atoms with Crippen LogP contribution >= 0.6 is 15.9 Å². The van der Waals surface area contributed by atoms with E-state index in [1.807, 2.05) is 24.3 Å². The van der Waals surface area contributed by atoms with E-state index in [0.29, 0.717) is 18.2 Å². The number of aromatic nitrogens is 2. The minimum atomic E-state index is -0.258. The van der Waals surface area contributed by atoms with Crippen molar-refractivity contribution < 1.29 is 8.81 Å². The molecule has 110 valence electrons. The molecule has 0 radical (unpaired) electrons. The van der Waals surface area contributed by atoms with E-state index in [4.69, 9.17) is 4.42 Å². The number of hydrogen-bond donors (Lipinski definition) is 0. The van der Waals surface area contributed by atoms with Crippen LogP contribution in [0, 0.1) is 5.82 Å². The molecule has 3 aromatic rings. The summed E-state index contributed by atoms with van der Waals surface area (Å²) in [6.45, 7) is 0. The SMILES string of the molecule is Fc1ccc(C=Cc2nnc(Cc3cccc(Br)c3)o2)cc1. The van der Waals surface area contributed by atoms with Crippen molar-refractivity contribution in [3.05, 3.63) is 81.7 Å². The smallest absolute Gasteiger partial charge is 0.240 e. The lowest BCUT2D eigenvalue weighted by atomic mass is 10.1. The first-order valence-corrected chi connectivity index (χ1v) is 7.49. The molecule has 0 spiro atoms. The number of nitrogens with zero attached hydrogens (tertiary/aromatic N) is 2. The van der Waals surface area contributed by atoms with Gasteiger partial charge in [0, 0.05) is 10.5 Å². The van der Waals surface area contributed by atoms with E-state index in [0.717, 1.165) is 15.6 Å². The summed E-state index contributed by atoms with van der Waals surface area (Å²) < 4.78 is 19.4. The maximum atomic E-state index is 12.8. The van der Waals surface area contributed by atoms with E-state index in [1.165, 1.54) is 12.1 Å². The molecule has 0 aliphatic carbocycles. The zero-order chi connectivity index (χ0) is 15.4. The standard InChI is InChI=1S/C17H12BrFN2O/c18-14-3-1-2-13(10-14)11-17-21-20-16(22-17)9-6-12-4-7-15(19)8-5-12/h1-10H,11H2. The maximum Gasteiger partial charge on any atom is 0.240 e. The Morgan fingerprint density at radius 3 is 2.64 bits per heavy atom. The molecule has 1 heterocycles. The highest BCUT2D eigenvalue weighted by Crippen LogP contribution is 2.15. The van der Waals surface area contributed by atoms with Crippen molar-refractivity contribution >= 4 is 28.1 Å². The van der Waals surface area contributed by atoms with Gasteiger partial charge in [-0.15, -0.1) is 10.2 Å². The largest absolute Gasteiger partial charge is 0.421 e. The van der Waals surface area contributed by atoms with Gasteiger partial charge in [-0.1, -0.05) is 40.2 Å². The van der Waals surface area contributed by atoms with Crippen LogP contribution in [0.15, 0.2) is 57.4 Å². The van der Waals surface area contributed by atoms with Crippen molar-refractivity contribution in [2.75, 3.05) is 0 Å². The van der Waals surface area contributed by atoms with E-state index in [9.17, 15) is 4.39 Å². The van der Waals surface area contributed by atoms with Gasteiger partial charge < -0.3 is 4.42 Å². The molecule has 0 saturated heterocycles. The first-order chi connectivity index (χ1) is 10.7. The Bertz CT molecular complexity index is 796. The van der Waals surface area contributed by atoms with Gasteiger partial charge >= 0.3 is 0 Å². The topological polar surface area (TPSA) is 38.9 Å². The fourth-order valence-electron chi connectivity index (χ4n) is 1.97. The molecule has 0 saturated carbocycles. The quantitative estimate of drug-likeness (QED) is 0.676. The van der Waals surface area contributed by atoms with Gasteiger partial charge in [-0.3, -0.25) is 0 Å². The third-order valence-corrected chi connectivity index (χ3v) is 3.51. The second-order valence-electron chi connectivity index (χ2n) is 4.73. The van der Waals surface area contributed by atoms with Crippen LogP contribution in [0.2, 0.25) is 0 Å². The molecule has 0 aliphatic rings. The number of rotatable bonds is 4. The predicted octanol–water partition coefficient (Wildman–Crippen LogP) is 4.73. The first kappa shape index (κ1) is 14.7. The highest BCUT2D eigenvalue weighted by Gasteiger charge is 2.05. The van der Waals surface area contributed by atoms with Gasteiger partial charge in [0.1, 0.15) is 5.82 Å². The fourth-order valence-corrected chi connectivity index (χ4v) is 2.41. The summed E-state index contributed by atoms with van der Waals surface area (Å²) in [7, 11) is 0. The van der Waals surface area contributed by atoms with Gasteiger partial charge in [0.05, 0.1) is 6.42 Å². The predicted molar refractivity (Wildman–Crippen MR) is 86.6 cm³/mol. The molecule has 0 atom stereocenters. The molecule has 0 unspecified atom stereocenters. The Morgan fingerprint density at radius 1 is 1.05 bits per heavy atom. The summed E-state index contributed by atoms with van der Waals surface area (Å²) in [6, 6.07) is 14.1. The monoisotopic (exact) mass is 358 g/mol. The third-order valence-electron chi connectivity index (χ3n) is 3.02. The van der Waals surface area contributed by atoms with Gasteiger partial charge in [-0.2, -0.15) is 0 Å². The molecule has 5 heteroatoms. The Labute approximate surface area is 135 Å². The van der Waals surface area contributed by atoms with Crippen LogP contribution in [0.25, 0.3) is 12.2 Å². The molecular weight excluding hydrogens is 347 g/mol. The summed E-state index contributed by atoms with van der Waals surface area (Å²) in [6.07, 6.45) is 4.09. The van der Waals surface area contributed by atoms with Crippen molar-refractivity contribution in [2.24, 2.45) is 0 Å². The van der Waals surface area contributed by atoms with Crippen LogP contribution in [-0.4, -0.2) is 10.2 Å². The van der Waals surface area contributed by atoms with Crippen LogP contribution in [-0.2, 0) is 6.42 Å². The lowest BCUT2D eigenvalue weighted by molar-refractivity contribution is 0.496. The Kier molecular flexibility index (Phi) is 4.44. The molecule has 0 amide bonds. The summed E-state index contributed by atoms with van der Waals surface area (Å²) >= 11 is 3.43. The zero-order valence-electron chi connectivity index (χ0n) is 11.5. The van der Waals surface area contributed by atoms with E-state index in [-0.39, 0.29) is 5.82 Å². The Balaban J connectivity index is 1.69. The van der Waals surface area contributed by atoms with Crippen LogP contribution in [0.5, 0.6) is 0 Å². The lowest BCUT2D eigenvalue weighted by Gasteiger charge is -1.97. The van der Waals surface area contributed by atoms with Gasteiger partial charge in [0.2, 0.25) is 11.8 Å². The van der Waals surface area contributed by atoms with Crippen LogP contribution < -0.4 is 0 Å². The van der Waals surface area contributed by atoms with E-state index in [2.05, 4.69) is 26.1 Å². The fraction of sp³-hybridized carbons (Fsp3) is 0.0588. The first-order valence-electron chi connectivity index (χ1n) is 6.69. The highest BCUT2D eigenvalue weighted by molar-refractivity contribution is 9.10. The minimum Gasteiger partial charge on any atom is -0.421 e. The molecule has 2 aromatic carbocycles. The lowest BCUT2D eigenvalue weighted by Crippen LogP contribution is -1.87. The number of halogens is 2. The Morgan fingerprint density at radius 2 is 1.86 bits per heavy atom. The summed E-state index contributed by atoms with van der Waals surface area (Å²) in [5.74, 6) is 0.720. The number of benzene rings is 2. The van der Waals surface area contributed by atoms with Crippen LogP contribution in [0.3, 0.4) is 0 Å². The van der Waals surface area contributed by atoms with Crippen molar-refractivity contribution in [1.82, 2.24) is 10.2 Å². The number of hydrogen-bond acceptors (Lipinski definition) is 3. The maximum absolute atomic E-state index is 12.8. The third kappa shape index (κ3) is 3.89. The van der Waals surface area contributed by atoms with Crippen LogP contribution in [0.1, 0.15) is 22.9 Å². The highest BCUT2D eigenvalue weighted by atomic mass is 79.9. The molecule has 3 rings (SSSR count). The second-order valence-corrected chi connectivity index (χ2v) is 5.64. The molecule has 0 fully saturated rings. The van der Waals surface area contributed by atoms with Gasteiger partial charge in [0.25, 0.3) is 0 Å². The van der Waals surface area contributed by atoms with E-state index in [1.54, 1.807) is 24.3 Å².